The molecule has 0 unspecified atom stereocenters. The molecular weight excluding hydrogens is 350 g/mol. The third kappa shape index (κ3) is 4.69. The predicted molar refractivity (Wildman–Crippen MR) is 104 cm³/mol. The number of aromatic nitrogens is 3. The molecule has 26 heavy (non-hydrogen) atoms. The summed E-state index contributed by atoms with van der Waals surface area (Å²) in [7, 11) is 3.62. The molecule has 0 aliphatic carbocycles. The molecule has 1 aliphatic heterocycles. The van der Waals surface area contributed by atoms with Crippen LogP contribution in [-0.4, -0.2) is 60.1 Å². The van der Waals surface area contributed by atoms with Gasteiger partial charge >= 0.3 is 0 Å². The SMILES string of the molecule is COCCN(C)c1cnn([C@H]2CCCN(Cc3nc(C)cs3)C2)c(=O)c1. The van der Waals surface area contributed by atoms with Gasteiger partial charge in [-0.3, -0.25) is 9.69 Å². The summed E-state index contributed by atoms with van der Waals surface area (Å²) in [4.78, 5) is 21.5. The maximum atomic E-state index is 12.6. The lowest BCUT2D eigenvalue weighted by Gasteiger charge is -2.32. The fraction of sp³-hybridized carbons (Fsp3) is 0.611. The minimum absolute atomic E-state index is 0.0382. The van der Waals surface area contributed by atoms with Crippen molar-refractivity contribution < 1.29 is 4.74 Å². The summed E-state index contributed by atoms with van der Waals surface area (Å²) in [6, 6.07) is 1.79. The largest absolute Gasteiger partial charge is 0.383 e. The van der Waals surface area contributed by atoms with Crippen LogP contribution in [0.2, 0.25) is 0 Å². The van der Waals surface area contributed by atoms with E-state index in [0.29, 0.717) is 6.61 Å². The highest BCUT2D eigenvalue weighted by Gasteiger charge is 2.23. The molecule has 0 radical (unpaired) electrons. The lowest BCUT2D eigenvalue weighted by atomic mass is 10.1. The van der Waals surface area contributed by atoms with E-state index in [0.717, 1.165) is 55.4 Å². The number of likely N-dealkylation sites (tertiary alicyclic amines) is 1. The number of thiazole rings is 1. The first kappa shape index (κ1) is 19.0. The molecule has 1 atom stereocenters. The summed E-state index contributed by atoms with van der Waals surface area (Å²) in [5.74, 6) is 0. The minimum atomic E-state index is -0.0382. The van der Waals surface area contributed by atoms with E-state index in [4.69, 9.17) is 4.74 Å². The molecule has 0 aromatic carbocycles. The highest BCUT2D eigenvalue weighted by molar-refractivity contribution is 7.09. The smallest absolute Gasteiger partial charge is 0.269 e. The van der Waals surface area contributed by atoms with Crippen molar-refractivity contribution in [1.29, 1.82) is 0 Å². The molecular formula is C18H27N5O2S. The normalized spacial score (nSPS) is 18.2. The Kier molecular flexibility index (Phi) is 6.39. The Balaban J connectivity index is 1.67. The van der Waals surface area contributed by atoms with Gasteiger partial charge in [0.25, 0.3) is 5.56 Å². The number of nitrogens with zero attached hydrogens (tertiary/aromatic N) is 5. The lowest BCUT2D eigenvalue weighted by Crippen LogP contribution is -2.40. The highest BCUT2D eigenvalue weighted by Crippen LogP contribution is 2.22. The van der Waals surface area contributed by atoms with Gasteiger partial charge in [-0.2, -0.15) is 5.10 Å². The van der Waals surface area contributed by atoms with Crippen molar-refractivity contribution in [2.45, 2.75) is 32.4 Å². The topological polar surface area (TPSA) is 63.5 Å². The van der Waals surface area contributed by atoms with E-state index < -0.39 is 0 Å². The van der Waals surface area contributed by atoms with E-state index in [-0.39, 0.29) is 11.6 Å². The van der Waals surface area contributed by atoms with Crippen molar-refractivity contribution in [2.24, 2.45) is 0 Å². The fourth-order valence-electron chi connectivity index (χ4n) is 3.29. The van der Waals surface area contributed by atoms with E-state index in [2.05, 4.69) is 20.4 Å². The Morgan fingerprint density at radius 1 is 1.46 bits per heavy atom. The zero-order chi connectivity index (χ0) is 18.5. The van der Waals surface area contributed by atoms with E-state index >= 15 is 0 Å². The Hall–Kier alpha value is -1.77. The first-order valence-electron chi connectivity index (χ1n) is 8.99. The molecule has 1 aliphatic rings. The van der Waals surface area contributed by atoms with Crippen molar-refractivity contribution in [3.8, 4) is 0 Å². The van der Waals surface area contributed by atoms with Gasteiger partial charge in [-0.1, -0.05) is 0 Å². The van der Waals surface area contributed by atoms with Crippen molar-refractivity contribution in [1.82, 2.24) is 19.7 Å². The van der Waals surface area contributed by atoms with E-state index in [9.17, 15) is 4.79 Å². The average molecular weight is 378 g/mol. The zero-order valence-electron chi connectivity index (χ0n) is 15.7. The molecule has 0 N–H and O–H groups in total. The van der Waals surface area contributed by atoms with Crippen LogP contribution in [0.3, 0.4) is 0 Å². The van der Waals surface area contributed by atoms with Crippen LogP contribution in [0.1, 0.15) is 29.6 Å². The summed E-state index contributed by atoms with van der Waals surface area (Å²) < 4.78 is 6.74. The third-order valence-corrected chi connectivity index (χ3v) is 5.69. The molecule has 142 valence electrons. The maximum absolute atomic E-state index is 12.6. The van der Waals surface area contributed by atoms with Crippen LogP contribution in [0.5, 0.6) is 0 Å². The van der Waals surface area contributed by atoms with Crippen LogP contribution in [0.25, 0.3) is 0 Å². The van der Waals surface area contributed by atoms with E-state index in [1.165, 1.54) is 0 Å². The second-order valence-corrected chi connectivity index (χ2v) is 7.77. The summed E-state index contributed by atoms with van der Waals surface area (Å²) >= 11 is 1.70. The van der Waals surface area contributed by atoms with Gasteiger partial charge < -0.3 is 9.64 Å². The molecule has 8 heteroatoms. The van der Waals surface area contributed by atoms with Crippen LogP contribution in [0.4, 0.5) is 5.69 Å². The van der Waals surface area contributed by atoms with Crippen molar-refractivity contribution in [3.05, 3.63) is 38.7 Å². The summed E-state index contributed by atoms with van der Waals surface area (Å²) in [6.45, 7) is 6.10. The van der Waals surface area contributed by atoms with Gasteiger partial charge in [0.1, 0.15) is 5.01 Å². The number of rotatable bonds is 7. The van der Waals surface area contributed by atoms with Crippen LogP contribution < -0.4 is 10.5 Å². The van der Waals surface area contributed by atoms with Crippen LogP contribution in [0, 0.1) is 6.92 Å². The van der Waals surface area contributed by atoms with Crippen molar-refractivity contribution in [3.63, 3.8) is 0 Å². The summed E-state index contributed by atoms with van der Waals surface area (Å²) in [6.07, 6.45) is 3.83. The average Bonchev–Trinajstić information content (AvgIpc) is 3.04. The summed E-state index contributed by atoms with van der Waals surface area (Å²) in [5, 5.41) is 7.68. The van der Waals surface area contributed by atoms with Gasteiger partial charge in [0, 0.05) is 44.4 Å². The number of anilines is 1. The number of aryl methyl sites for hydroxylation is 1. The lowest BCUT2D eigenvalue weighted by molar-refractivity contribution is 0.160. The third-order valence-electron chi connectivity index (χ3n) is 4.74. The van der Waals surface area contributed by atoms with Crippen molar-refractivity contribution >= 4 is 17.0 Å². The van der Waals surface area contributed by atoms with Crippen LogP contribution in [0.15, 0.2) is 22.4 Å². The van der Waals surface area contributed by atoms with Crippen LogP contribution in [-0.2, 0) is 11.3 Å². The van der Waals surface area contributed by atoms with Gasteiger partial charge in [-0.25, -0.2) is 9.67 Å². The quantitative estimate of drug-likeness (QED) is 0.735. The molecule has 2 aromatic heterocycles. The zero-order valence-corrected chi connectivity index (χ0v) is 16.5. The molecule has 7 nitrogen and oxygen atoms in total. The molecule has 1 saturated heterocycles. The molecule has 1 fully saturated rings. The number of hydrogen-bond acceptors (Lipinski definition) is 7. The Bertz CT molecular complexity index is 775. The molecule has 0 bridgehead atoms. The molecule has 3 rings (SSSR count). The number of likely N-dealkylation sites (N-methyl/N-ethyl adjacent to an activating group) is 1. The number of ether oxygens (including phenoxy) is 1. The first-order chi connectivity index (χ1) is 12.6. The van der Waals surface area contributed by atoms with E-state index in [1.54, 1.807) is 35.4 Å². The van der Waals surface area contributed by atoms with Gasteiger partial charge in [0.2, 0.25) is 0 Å². The summed E-state index contributed by atoms with van der Waals surface area (Å²) in [5.41, 5.74) is 1.86. The van der Waals surface area contributed by atoms with Gasteiger partial charge in [0.05, 0.1) is 31.1 Å². The minimum Gasteiger partial charge on any atom is -0.383 e. The molecule has 0 spiro atoms. The van der Waals surface area contributed by atoms with Crippen LogP contribution >= 0.6 is 11.3 Å². The number of piperidine rings is 1. The van der Waals surface area contributed by atoms with Crippen molar-refractivity contribution in [2.75, 3.05) is 45.3 Å². The number of methoxy groups -OCH3 is 1. The molecule has 0 amide bonds. The predicted octanol–water partition coefficient (Wildman–Crippen LogP) is 1.93. The second kappa shape index (κ2) is 8.75. The fourth-order valence-corrected chi connectivity index (χ4v) is 4.10. The maximum Gasteiger partial charge on any atom is 0.269 e. The molecule has 0 saturated carbocycles. The van der Waals surface area contributed by atoms with Gasteiger partial charge in [0.15, 0.2) is 0 Å². The Morgan fingerprint density at radius 2 is 2.31 bits per heavy atom. The standard InChI is InChI=1S/C18H27N5O2S/c1-14-13-26-17(20-14)12-22-6-4-5-15(11-22)23-18(24)9-16(10-19-23)21(2)7-8-25-3/h9-10,13,15H,4-8,11-12H2,1-3H3/t15-/m0/s1. The first-order valence-corrected chi connectivity index (χ1v) is 9.87. The Morgan fingerprint density at radius 3 is 3.00 bits per heavy atom. The van der Waals surface area contributed by atoms with Gasteiger partial charge in [-0.05, 0) is 26.3 Å². The van der Waals surface area contributed by atoms with E-state index in [1.807, 2.05) is 18.9 Å². The monoisotopic (exact) mass is 377 g/mol. The number of hydrogen-bond donors (Lipinski definition) is 0. The Labute approximate surface area is 158 Å². The van der Waals surface area contributed by atoms with Gasteiger partial charge in [-0.15, -0.1) is 11.3 Å². The molecule has 3 heterocycles. The highest BCUT2D eigenvalue weighted by atomic mass is 32.1. The molecule has 2 aromatic rings. The second-order valence-electron chi connectivity index (χ2n) is 6.82.